The fraction of sp³-hybridized carbons (Fsp3) is 0.733. The molecule has 0 heterocycles. The number of hydrogen-bond donors (Lipinski definition) is 0. The molecule has 0 aromatic carbocycles. The normalized spacial score (nSPS) is 51.6. The molecule has 0 saturated heterocycles. The Labute approximate surface area is 107 Å². The summed E-state index contributed by atoms with van der Waals surface area (Å²) in [6.45, 7) is 0. The average Bonchev–Trinajstić information content (AvgIpc) is 2.64. The van der Waals surface area contributed by atoms with Crippen LogP contribution in [0.25, 0.3) is 0 Å². The fourth-order valence-electron chi connectivity index (χ4n) is 5.78. The number of methoxy groups -OCH3 is 1. The van der Waals surface area contributed by atoms with Gasteiger partial charge in [-0.15, -0.1) is 0 Å². The first-order valence-electron chi connectivity index (χ1n) is 6.98. The van der Waals surface area contributed by atoms with Crippen LogP contribution in [0.15, 0.2) is 12.2 Å². The molecule has 0 N–H and O–H groups in total. The van der Waals surface area contributed by atoms with Gasteiger partial charge in [0.05, 0.1) is 13.0 Å². The first-order valence-corrected chi connectivity index (χ1v) is 6.98. The van der Waals surface area contributed by atoms with Crippen molar-refractivity contribution in [1.82, 2.24) is 0 Å². The van der Waals surface area contributed by atoms with E-state index in [1.54, 1.807) is 6.08 Å². The number of carbonyl (C=O) groups is 2. The Bertz CT molecular complexity index is 472. The van der Waals surface area contributed by atoms with E-state index in [-0.39, 0.29) is 28.5 Å². The van der Waals surface area contributed by atoms with E-state index in [4.69, 9.17) is 4.74 Å². The van der Waals surface area contributed by atoms with Crippen LogP contribution in [0.4, 0.5) is 0 Å². The summed E-state index contributed by atoms with van der Waals surface area (Å²) in [4.78, 5) is 24.4. The van der Waals surface area contributed by atoms with Crippen LogP contribution in [0.5, 0.6) is 0 Å². The highest BCUT2D eigenvalue weighted by Gasteiger charge is 2.78. The Morgan fingerprint density at radius 1 is 1.28 bits per heavy atom. The molecule has 4 saturated carbocycles. The molecular weight excluding hydrogens is 228 g/mol. The van der Waals surface area contributed by atoms with E-state index in [1.165, 1.54) is 32.8 Å². The van der Waals surface area contributed by atoms with Crippen molar-refractivity contribution in [3.8, 4) is 0 Å². The molecule has 0 amide bonds. The monoisotopic (exact) mass is 246 g/mol. The SMILES string of the molecule is COC(=O)C1CC23C(=O)C=CC12C1CCC3CC1. The van der Waals surface area contributed by atoms with Gasteiger partial charge < -0.3 is 4.74 Å². The van der Waals surface area contributed by atoms with Gasteiger partial charge in [0.2, 0.25) is 0 Å². The highest BCUT2D eigenvalue weighted by molar-refractivity contribution is 6.02. The van der Waals surface area contributed by atoms with Crippen molar-refractivity contribution in [3.63, 3.8) is 0 Å². The molecule has 3 atom stereocenters. The van der Waals surface area contributed by atoms with Gasteiger partial charge in [0.15, 0.2) is 5.78 Å². The Kier molecular flexibility index (Phi) is 1.83. The molecule has 0 spiro atoms. The van der Waals surface area contributed by atoms with Gasteiger partial charge in [-0.05, 0) is 50.0 Å². The van der Waals surface area contributed by atoms with Crippen molar-refractivity contribution >= 4 is 11.8 Å². The van der Waals surface area contributed by atoms with Crippen LogP contribution >= 0.6 is 0 Å². The van der Waals surface area contributed by atoms with Gasteiger partial charge >= 0.3 is 5.97 Å². The molecule has 96 valence electrons. The van der Waals surface area contributed by atoms with E-state index in [1.807, 2.05) is 0 Å². The molecular formula is C15H18O3. The van der Waals surface area contributed by atoms with Crippen molar-refractivity contribution in [2.45, 2.75) is 32.1 Å². The molecule has 0 aromatic rings. The zero-order valence-electron chi connectivity index (χ0n) is 10.6. The molecule has 5 aliphatic rings. The number of rotatable bonds is 1. The lowest BCUT2D eigenvalue weighted by Crippen LogP contribution is -2.70. The molecule has 3 heteroatoms. The minimum Gasteiger partial charge on any atom is -0.469 e. The lowest BCUT2D eigenvalue weighted by molar-refractivity contribution is -0.228. The van der Waals surface area contributed by atoms with Crippen LogP contribution in [0.2, 0.25) is 0 Å². The summed E-state index contributed by atoms with van der Waals surface area (Å²) < 4.78 is 4.96. The third-order valence-corrected chi connectivity index (χ3v) is 6.41. The van der Waals surface area contributed by atoms with E-state index >= 15 is 0 Å². The second kappa shape index (κ2) is 3.06. The summed E-state index contributed by atoms with van der Waals surface area (Å²) in [5.74, 6) is 1.13. The molecule has 3 nitrogen and oxygen atoms in total. The Morgan fingerprint density at radius 2 is 1.94 bits per heavy atom. The zero-order chi connectivity index (χ0) is 12.5. The molecule has 3 unspecified atom stereocenters. The number of esters is 1. The van der Waals surface area contributed by atoms with Crippen LogP contribution in [0, 0.1) is 28.6 Å². The van der Waals surface area contributed by atoms with Crippen LogP contribution in [-0.4, -0.2) is 18.9 Å². The lowest BCUT2D eigenvalue weighted by Gasteiger charge is -2.70. The standard InChI is InChI=1S/C15H18O3/c1-18-13(17)11-8-15-10-4-2-9(3-5-10)14(11,15)7-6-12(15)16/h6-7,9-11H,2-5,8H2,1H3. The number of ether oxygens (including phenoxy) is 1. The Balaban J connectivity index is 1.85. The second-order valence-electron chi connectivity index (χ2n) is 6.43. The number of carbonyl (C=O) groups excluding carboxylic acids is 2. The van der Waals surface area contributed by atoms with Crippen molar-refractivity contribution in [3.05, 3.63) is 12.2 Å². The van der Waals surface area contributed by atoms with Gasteiger partial charge in [0, 0.05) is 10.8 Å². The topological polar surface area (TPSA) is 43.4 Å². The smallest absolute Gasteiger partial charge is 0.309 e. The minimum absolute atomic E-state index is 0.0710. The molecule has 0 radical (unpaired) electrons. The first-order chi connectivity index (χ1) is 8.66. The van der Waals surface area contributed by atoms with Crippen molar-refractivity contribution in [1.29, 1.82) is 0 Å². The Hall–Kier alpha value is -1.12. The highest BCUT2D eigenvalue weighted by Crippen LogP contribution is 2.78. The summed E-state index contributed by atoms with van der Waals surface area (Å²) >= 11 is 0. The van der Waals surface area contributed by atoms with Crippen molar-refractivity contribution in [2.75, 3.05) is 7.11 Å². The maximum atomic E-state index is 12.4. The molecule has 18 heavy (non-hydrogen) atoms. The van der Waals surface area contributed by atoms with Crippen LogP contribution in [0.3, 0.4) is 0 Å². The first kappa shape index (κ1) is 10.8. The third kappa shape index (κ3) is 0.827. The molecule has 0 aromatic heterocycles. The zero-order valence-corrected chi connectivity index (χ0v) is 10.6. The summed E-state index contributed by atoms with van der Waals surface area (Å²) in [6.07, 6.45) is 9.28. The maximum Gasteiger partial charge on any atom is 0.309 e. The molecule has 4 fully saturated rings. The van der Waals surface area contributed by atoms with Crippen LogP contribution in [-0.2, 0) is 14.3 Å². The quantitative estimate of drug-likeness (QED) is 0.665. The Morgan fingerprint density at radius 3 is 2.61 bits per heavy atom. The second-order valence-corrected chi connectivity index (χ2v) is 6.43. The lowest BCUT2D eigenvalue weighted by atomic mass is 9.31. The largest absolute Gasteiger partial charge is 0.469 e. The fourth-order valence-corrected chi connectivity index (χ4v) is 5.78. The maximum absolute atomic E-state index is 12.4. The number of fused-ring (bicyclic) bond motifs is 2. The number of hydrogen-bond acceptors (Lipinski definition) is 3. The molecule has 0 aliphatic heterocycles. The van der Waals surface area contributed by atoms with Crippen molar-refractivity contribution < 1.29 is 14.3 Å². The molecule has 2 bridgehead atoms. The van der Waals surface area contributed by atoms with Gasteiger partial charge in [-0.25, -0.2) is 0 Å². The molecule has 5 aliphatic carbocycles. The summed E-state index contributed by atoms with van der Waals surface area (Å²) in [5.41, 5.74) is -0.384. The minimum atomic E-state index is -0.215. The van der Waals surface area contributed by atoms with Crippen LogP contribution in [0.1, 0.15) is 32.1 Å². The van der Waals surface area contributed by atoms with E-state index in [2.05, 4.69) is 6.08 Å². The van der Waals surface area contributed by atoms with Gasteiger partial charge in [-0.2, -0.15) is 0 Å². The highest BCUT2D eigenvalue weighted by atomic mass is 16.5. The van der Waals surface area contributed by atoms with Gasteiger partial charge in [-0.3, -0.25) is 9.59 Å². The predicted octanol–water partition coefficient (Wildman–Crippen LogP) is 2.11. The van der Waals surface area contributed by atoms with Gasteiger partial charge in [0.1, 0.15) is 0 Å². The van der Waals surface area contributed by atoms with E-state index < -0.39 is 0 Å². The van der Waals surface area contributed by atoms with Crippen molar-refractivity contribution in [2.24, 2.45) is 28.6 Å². The summed E-state index contributed by atoms with van der Waals surface area (Å²) in [5, 5.41) is 0. The average molecular weight is 246 g/mol. The number of ketones is 1. The van der Waals surface area contributed by atoms with E-state index in [0.29, 0.717) is 11.8 Å². The van der Waals surface area contributed by atoms with Gasteiger partial charge in [-0.1, -0.05) is 6.08 Å². The van der Waals surface area contributed by atoms with E-state index in [9.17, 15) is 9.59 Å². The van der Waals surface area contributed by atoms with E-state index in [0.717, 1.165) is 6.42 Å². The van der Waals surface area contributed by atoms with Gasteiger partial charge in [0.25, 0.3) is 0 Å². The summed E-state index contributed by atoms with van der Waals surface area (Å²) in [6, 6.07) is 0. The predicted molar refractivity (Wildman–Crippen MR) is 64.6 cm³/mol. The summed E-state index contributed by atoms with van der Waals surface area (Å²) in [7, 11) is 1.46. The third-order valence-electron chi connectivity index (χ3n) is 6.41. The van der Waals surface area contributed by atoms with Crippen LogP contribution < -0.4 is 0 Å². The number of allylic oxidation sites excluding steroid dienone is 2. The molecule has 5 rings (SSSR count).